The minimum absolute atomic E-state index is 0.135. The Morgan fingerprint density at radius 1 is 0.912 bits per heavy atom. The van der Waals surface area contributed by atoms with Gasteiger partial charge in [0.05, 0.1) is 6.42 Å². The van der Waals surface area contributed by atoms with E-state index >= 15 is 0 Å². The van der Waals surface area contributed by atoms with Crippen LogP contribution in [0.15, 0.2) is 84.9 Å². The smallest absolute Gasteiger partial charge is 0.247 e. The predicted octanol–water partition coefficient (Wildman–Crippen LogP) is 5.20. The second-order valence-corrected chi connectivity index (χ2v) is 8.40. The van der Waals surface area contributed by atoms with Gasteiger partial charge in [0.15, 0.2) is 0 Å². The molecule has 178 valence electrons. The van der Waals surface area contributed by atoms with Crippen molar-refractivity contribution in [2.45, 2.75) is 32.4 Å². The number of nitrogens with zero attached hydrogens (tertiary/aromatic N) is 1. The van der Waals surface area contributed by atoms with Gasteiger partial charge in [-0.2, -0.15) is 0 Å². The molecule has 3 aromatic carbocycles. The summed E-state index contributed by atoms with van der Waals surface area (Å²) in [6.45, 7) is 3.96. The van der Waals surface area contributed by atoms with Crippen LogP contribution in [-0.2, 0) is 27.3 Å². The molecule has 3 rings (SSSR count). The number of carbonyl (C=O) groups is 2. The molecule has 0 saturated heterocycles. The Kier molecular flexibility index (Phi) is 10.1. The molecule has 0 aliphatic carbocycles. The van der Waals surface area contributed by atoms with Gasteiger partial charge in [-0.15, -0.1) is 0 Å². The Morgan fingerprint density at radius 3 is 2.21 bits per heavy atom. The van der Waals surface area contributed by atoms with Gasteiger partial charge in [-0.25, -0.2) is 0 Å². The molecule has 0 spiro atoms. The molecule has 0 bridgehead atoms. The average molecular weight is 479 g/mol. The highest BCUT2D eigenvalue weighted by atomic mass is 35.5. The lowest BCUT2D eigenvalue weighted by Crippen LogP contribution is -2.44. The number of hydrogen-bond acceptors (Lipinski definition) is 3. The number of ether oxygens (including phenoxy) is 1. The molecule has 0 radical (unpaired) electrons. The zero-order chi connectivity index (χ0) is 24.2. The molecule has 0 aliphatic rings. The molecule has 1 N–H and O–H groups in total. The largest absolute Gasteiger partial charge is 0.382 e. The Morgan fingerprint density at radius 2 is 1.56 bits per heavy atom. The molecule has 5 nitrogen and oxygen atoms in total. The molecular formula is C28H31ClN2O3. The standard InChI is InChI=1S/C28H31ClN2O3/c1-2-34-19-9-18-30-28(33)27(24-12-7-4-8-13-24)31(21-23-10-5-3-6-11-23)26(32)20-22-14-16-25(29)17-15-22/h3-8,10-17,27H,2,9,18-21H2,1H3,(H,30,33). The number of hydrogen-bond donors (Lipinski definition) is 1. The fraction of sp³-hybridized carbons (Fsp3) is 0.286. The zero-order valence-corrected chi connectivity index (χ0v) is 20.2. The predicted molar refractivity (Wildman–Crippen MR) is 135 cm³/mol. The summed E-state index contributed by atoms with van der Waals surface area (Å²) in [6, 6.07) is 25.6. The summed E-state index contributed by atoms with van der Waals surface area (Å²) in [6.07, 6.45) is 0.878. The van der Waals surface area contributed by atoms with Crippen LogP contribution in [0.2, 0.25) is 5.02 Å². The zero-order valence-electron chi connectivity index (χ0n) is 19.5. The Labute approximate surface area is 206 Å². The SMILES string of the molecule is CCOCCCNC(=O)C(c1ccccc1)N(Cc1ccccc1)C(=O)Cc1ccc(Cl)cc1. The van der Waals surface area contributed by atoms with Gasteiger partial charge in [-0.3, -0.25) is 9.59 Å². The van der Waals surface area contributed by atoms with Crippen molar-refractivity contribution in [3.63, 3.8) is 0 Å². The molecule has 0 aliphatic heterocycles. The minimum Gasteiger partial charge on any atom is -0.382 e. The van der Waals surface area contributed by atoms with Crippen molar-refractivity contribution in [2.75, 3.05) is 19.8 Å². The molecule has 6 heteroatoms. The molecule has 0 heterocycles. The molecule has 0 fully saturated rings. The van der Waals surface area contributed by atoms with Gasteiger partial charge in [-0.1, -0.05) is 84.4 Å². The summed E-state index contributed by atoms with van der Waals surface area (Å²) < 4.78 is 5.37. The molecule has 0 saturated carbocycles. The molecule has 1 unspecified atom stereocenters. The number of amides is 2. The van der Waals surface area contributed by atoms with E-state index in [4.69, 9.17) is 16.3 Å². The fourth-order valence-corrected chi connectivity index (χ4v) is 3.84. The van der Waals surface area contributed by atoms with Gasteiger partial charge in [-0.05, 0) is 42.2 Å². The van der Waals surface area contributed by atoms with Crippen molar-refractivity contribution in [3.05, 3.63) is 107 Å². The van der Waals surface area contributed by atoms with Gasteiger partial charge in [0.2, 0.25) is 11.8 Å². The van der Waals surface area contributed by atoms with Gasteiger partial charge >= 0.3 is 0 Å². The summed E-state index contributed by atoms with van der Waals surface area (Å²) in [5, 5.41) is 3.62. The van der Waals surface area contributed by atoms with Crippen molar-refractivity contribution >= 4 is 23.4 Å². The van der Waals surface area contributed by atoms with Crippen LogP contribution in [0.4, 0.5) is 0 Å². The molecular weight excluding hydrogens is 448 g/mol. The summed E-state index contributed by atoms with van der Waals surface area (Å²) in [5.74, 6) is -0.340. The van der Waals surface area contributed by atoms with E-state index in [1.54, 1.807) is 17.0 Å². The first-order valence-electron chi connectivity index (χ1n) is 11.6. The normalized spacial score (nSPS) is 11.6. The first-order chi connectivity index (χ1) is 16.6. The summed E-state index contributed by atoms with van der Waals surface area (Å²) in [7, 11) is 0. The maximum absolute atomic E-state index is 13.6. The van der Waals surface area contributed by atoms with Crippen LogP contribution in [0, 0.1) is 0 Å². The number of halogens is 1. The highest BCUT2D eigenvalue weighted by molar-refractivity contribution is 6.30. The summed E-state index contributed by atoms with van der Waals surface area (Å²) >= 11 is 6.01. The van der Waals surface area contributed by atoms with Crippen LogP contribution in [0.1, 0.15) is 36.1 Å². The van der Waals surface area contributed by atoms with Crippen LogP contribution >= 0.6 is 11.6 Å². The molecule has 2 amide bonds. The highest BCUT2D eigenvalue weighted by Crippen LogP contribution is 2.25. The van der Waals surface area contributed by atoms with Gasteiger partial charge in [0, 0.05) is 31.3 Å². The van der Waals surface area contributed by atoms with Crippen LogP contribution in [0.25, 0.3) is 0 Å². The number of nitrogens with one attached hydrogen (secondary N) is 1. The minimum atomic E-state index is -0.756. The Hall–Kier alpha value is -3.15. The first kappa shape index (κ1) is 25.5. The maximum atomic E-state index is 13.6. The van der Waals surface area contributed by atoms with Gasteiger partial charge < -0.3 is 15.0 Å². The van der Waals surface area contributed by atoms with E-state index in [2.05, 4.69) is 5.32 Å². The number of carbonyl (C=O) groups excluding carboxylic acids is 2. The lowest BCUT2D eigenvalue weighted by atomic mass is 10.0. The third-order valence-corrected chi connectivity index (χ3v) is 5.68. The molecule has 34 heavy (non-hydrogen) atoms. The van der Waals surface area contributed by atoms with E-state index in [1.165, 1.54) is 0 Å². The van der Waals surface area contributed by atoms with E-state index < -0.39 is 6.04 Å². The Balaban J connectivity index is 1.88. The monoisotopic (exact) mass is 478 g/mol. The van der Waals surface area contributed by atoms with Crippen LogP contribution in [0.5, 0.6) is 0 Å². The second kappa shape index (κ2) is 13.5. The lowest BCUT2D eigenvalue weighted by molar-refractivity contribution is -0.141. The van der Waals surface area contributed by atoms with E-state index in [0.29, 0.717) is 37.7 Å². The topological polar surface area (TPSA) is 58.6 Å². The average Bonchev–Trinajstić information content (AvgIpc) is 2.86. The van der Waals surface area contributed by atoms with E-state index in [-0.39, 0.29) is 18.2 Å². The van der Waals surface area contributed by atoms with Crippen molar-refractivity contribution in [2.24, 2.45) is 0 Å². The number of benzene rings is 3. The Bertz CT molecular complexity index is 1030. The summed E-state index contributed by atoms with van der Waals surface area (Å²) in [5.41, 5.74) is 2.57. The third kappa shape index (κ3) is 7.72. The molecule has 0 aromatic heterocycles. The van der Waals surface area contributed by atoms with Crippen molar-refractivity contribution in [3.8, 4) is 0 Å². The lowest BCUT2D eigenvalue weighted by Gasteiger charge is -2.32. The van der Waals surface area contributed by atoms with Crippen molar-refractivity contribution in [1.29, 1.82) is 0 Å². The molecule has 1 atom stereocenters. The third-order valence-electron chi connectivity index (χ3n) is 5.43. The van der Waals surface area contributed by atoms with Crippen LogP contribution in [0.3, 0.4) is 0 Å². The second-order valence-electron chi connectivity index (χ2n) is 7.97. The number of rotatable bonds is 12. The van der Waals surface area contributed by atoms with Crippen molar-refractivity contribution < 1.29 is 14.3 Å². The van der Waals surface area contributed by atoms with Crippen LogP contribution in [-0.4, -0.2) is 36.5 Å². The summed E-state index contributed by atoms with van der Waals surface area (Å²) in [4.78, 5) is 28.7. The maximum Gasteiger partial charge on any atom is 0.247 e. The van der Waals surface area contributed by atoms with Crippen molar-refractivity contribution in [1.82, 2.24) is 10.2 Å². The van der Waals surface area contributed by atoms with E-state index in [0.717, 1.165) is 16.7 Å². The van der Waals surface area contributed by atoms with E-state index in [9.17, 15) is 9.59 Å². The highest BCUT2D eigenvalue weighted by Gasteiger charge is 2.31. The van der Waals surface area contributed by atoms with Gasteiger partial charge in [0.1, 0.15) is 6.04 Å². The quantitative estimate of drug-likeness (QED) is 0.364. The molecule has 3 aromatic rings. The first-order valence-corrected chi connectivity index (χ1v) is 11.9. The van der Waals surface area contributed by atoms with Gasteiger partial charge in [0.25, 0.3) is 0 Å². The van der Waals surface area contributed by atoms with E-state index in [1.807, 2.05) is 79.7 Å². The fourth-order valence-electron chi connectivity index (χ4n) is 3.72. The van der Waals surface area contributed by atoms with Crippen LogP contribution < -0.4 is 5.32 Å².